The van der Waals surface area contributed by atoms with Gasteiger partial charge in [0, 0.05) is 6.20 Å². The van der Waals surface area contributed by atoms with Crippen molar-refractivity contribution in [1.82, 2.24) is 4.98 Å². The summed E-state index contributed by atoms with van der Waals surface area (Å²) in [5.74, 6) is 2.15. The molecule has 1 aliphatic rings. The Bertz CT molecular complexity index is 691. The Labute approximate surface area is 125 Å². The number of fused-ring (bicyclic) bond motifs is 1. The fraction of sp³-hybridized carbons (Fsp3) is 0.278. The molecule has 0 N–H and O–H groups in total. The van der Waals surface area contributed by atoms with Crippen LogP contribution >= 0.6 is 0 Å². The Hall–Kier alpha value is -2.29. The number of hydrogen-bond acceptors (Lipinski definition) is 3. The van der Waals surface area contributed by atoms with E-state index in [2.05, 4.69) is 30.1 Å². The second-order valence-electron chi connectivity index (χ2n) is 5.38. The Balaban J connectivity index is 2.03. The van der Waals surface area contributed by atoms with E-state index in [0.29, 0.717) is 5.92 Å². The first-order valence-corrected chi connectivity index (χ1v) is 7.09. The zero-order valence-electron chi connectivity index (χ0n) is 12.6. The van der Waals surface area contributed by atoms with Crippen LogP contribution in [0, 0.1) is 5.92 Å². The van der Waals surface area contributed by atoms with Crippen LogP contribution in [0.25, 0.3) is 11.6 Å². The standard InChI is InChI=1S/C18H19NO2/c1-12-6-14-7-16(20-2)5-4-13(14)9-18(12)15-8-17(21-3)11-19-10-15/h4-5,7-12H,6H2,1-3H3. The predicted molar refractivity (Wildman–Crippen MR) is 84.5 cm³/mol. The van der Waals surface area contributed by atoms with Crippen molar-refractivity contribution < 1.29 is 9.47 Å². The molecule has 3 rings (SSSR count). The molecule has 1 aliphatic carbocycles. The quantitative estimate of drug-likeness (QED) is 0.856. The van der Waals surface area contributed by atoms with Gasteiger partial charge in [0.05, 0.1) is 20.4 Å². The molecule has 1 aromatic carbocycles. The number of pyridine rings is 1. The summed E-state index contributed by atoms with van der Waals surface area (Å²) >= 11 is 0. The van der Waals surface area contributed by atoms with Crippen molar-refractivity contribution in [1.29, 1.82) is 0 Å². The lowest BCUT2D eigenvalue weighted by Crippen LogP contribution is -2.09. The first kappa shape index (κ1) is 13.7. The Kier molecular flexibility index (Phi) is 3.65. The molecule has 0 fully saturated rings. The smallest absolute Gasteiger partial charge is 0.137 e. The van der Waals surface area contributed by atoms with Gasteiger partial charge in [-0.2, -0.15) is 0 Å². The van der Waals surface area contributed by atoms with Gasteiger partial charge in [-0.25, -0.2) is 0 Å². The largest absolute Gasteiger partial charge is 0.497 e. The molecule has 3 heteroatoms. The molecule has 0 bridgehead atoms. The molecule has 21 heavy (non-hydrogen) atoms. The molecule has 1 atom stereocenters. The Morgan fingerprint density at radius 3 is 2.62 bits per heavy atom. The van der Waals surface area contributed by atoms with Crippen LogP contribution in [-0.4, -0.2) is 19.2 Å². The molecule has 1 unspecified atom stereocenters. The summed E-state index contributed by atoms with van der Waals surface area (Å²) in [6, 6.07) is 8.30. The third kappa shape index (κ3) is 2.64. The third-order valence-corrected chi connectivity index (χ3v) is 4.00. The van der Waals surface area contributed by atoms with Gasteiger partial charge in [-0.3, -0.25) is 4.98 Å². The molecule has 0 aliphatic heterocycles. The van der Waals surface area contributed by atoms with E-state index in [4.69, 9.17) is 9.47 Å². The van der Waals surface area contributed by atoms with E-state index in [0.717, 1.165) is 23.5 Å². The number of methoxy groups -OCH3 is 2. The molecular formula is C18H19NO2. The number of allylic oxidation sites excluding steroid dienone is 1. The minimum Gasteiger partial charge on any atom is -0.497 e. The van der Waals surface area contributed by atoms with Gasteiger partial charge in [0.2, 0.25) is 0 Å². The molecule has 1 heterocycles. The van der Waals surface area contributed by atoms with Crippen molar-refractivity contribution in [3.8, 4) is 11.5 Å². The van der Waals surface area contributed by atoms with Crippen molar-refractivity contribution >= 4 is 11.6 Å². The summed E-state index contributed by atoms with van der Waals surface area (Å²) < 4.78 is 10.6. The average molecular weight is 281 g/mol. The number of hydrogen-bond donors (Lipinski definition) is 0. The van der Waals surface area contributed by atoms with E-state index in [9.17, 15) is 0 Å². The number of aromatic nitrogens is 1. The molecule has 0 saturated carbocycles. The minimum atomic E-state index is 0.443. The molecule has 3 nitrogen and oxygen atoms in total. The van der Waals surface area contributed by atoms with Gasteiger partial charge >= 0.3 is 0 Å². The van der Waals surface area contributed by atoms with E-state index in [-0.39, 0.29) is 0 Å². The van der Waals surface area contributed by atoms with Crippen LogP contribution < -0.4 is 9.47 Å². The SMILES string of the molecule is COc1cncc(C2=Cc3ccc(OC)cc3CC2C)c1. The van der Waals surface area contributed by atoms with Crippen LogP contribution in [0.3, 0.4) is 0 Å². The van der Waals surface area contributed by atoms with Crippen molar-refractivity contribution in [2.75, 3.05) is 14.2 Å². The highest BCUT2D eigenvalue weighted by molar-refractivity contribution is 5.85. The lowest BCUT2D eigenvalue weighted by molar-refractivity contribution is 0.412. The fourth-order valence-corrected chi connectivity index (χ4v) is 2.83. The van der Waals surface area contributed by atoms with Gasteiger partial charge in [-0.05, 0) is 52.8 Å². The highest BCUT2D eigenvalue weighted by Gasteiger charge is 2.20. The van der Waals surface area contributed by atoms with Gasteiger partial charge in [-0.15, -0.1) is 0 Å². The highest BCUT2D eigenvalue weighted by atomic mass is 16.5. The topological polar surface area (TPSA) is 31.4 Å². The monoisotopic (exact) mass is 281 g/mol. The number of rotatable bonds is 3. The summed E-state index contributed by atoms with van der Waals surface area (Å²) in [6.45, 7) is 2.24. The van der Waals surface area contributed by atoms with Crippen molar-refractivity contribution in [3.63, 3.8) is 0 Å². The second-order valence-corrected chi connectivity index (χ2v) is 5.38. The second kappa shape index (κ2) is 5.60. The first-order chi connectivity index (χ1) is 10.2. The molecule has 1 aromatic heterocycles. The number of ether oxygens (including phenoxy) is 2. The van der Waals surface area contributed by atoms with Crippen molar-refractivity contribution in [2.24, 2.45) is 5.92 Å². The Morgan fingerprint density at radius 1 is 1.05 bits per heavy atom. The summed E-state index contributed by atoms with van der Waals surface area (Å²) in [7, 11) is 3.37. The fourth-order valence-electron chi connectivity index (χ4n) is 2.83. The molecule has 0 amide bonds. The zero-order chi connectivity index (χ0) is 14.8. The normalized spacial score (nSPS) is 16.9. The molecule has 2 aromatic rings. The van der Waals surface area contributed by atoms with Crippen molar-refractivity contribution in [3.05, 3.63) is 53.3 Å². The lowest BCUT2D eigenvalue weighted by atomic mass is 9.82. The summed E-state index contributed by atoms with van der Waals surface area (Å²) in [5, 5.41) is 0. The van der Waals surface area contributed by atoms with Crippen LogP contribution in [0.5, 0.6) is 11.5 Å². The third-order valence-electron chi connectivity index (χ3n) is 4.00. The van der Waals surface area contributed by atoms with Gasteiger partial charge in [0.25, 0.3) is 0 Å². The van der Waals surface area contributed by atoms with E-state index in [1.807, 2.05) is 18.3 Å². The molecule has 0 spiro atoms. The van der Waals surface area contributed by atoms with E-state index in [1.165, 1.54) is 16.7 Å². The molecular weight excluding hydrogens is 262 g/mol. The van der Waals surface area contributed by atoms with Crippen LogP contribution in [0.1, 0.15) is 23.6 Å². The van der Waals surface area contributed by atoms with Crippen LogP contribution in [-0.2, 0) is 6.42 Å². The predicted octanol–water partition coefficient (Wildman–Crippen LogP) is 3.83. The van der Waals surface area contributed by atoms with Gasteiger partial charge < -0.3 is 9.47 Å². The van der Waals surface area contributed by atoms with E-state index < -0.39 is 0 Å². The number of nitrogens with zero attached hydrogens (tertiary/aromatic N) is 1. The maximum absolute atomic E-state index is 5.31. The zero-order valence-corrected chi connectivity index (χ0v) is 12.6. The van der Waals surface area contributed by atoms with Crippen LogP contribution in [0.2, 0.25) is 0 Å². The van der Waals surface area contributed by atoms with Crippen LogP contribution in [0.15, 0.2) is 36.7 Å². The maximum Gasteiger partial charge on any atom is 0.137 e. The lowest BCUT2D eigenvalue weighted by Gasteiger charge is -2.24. The molecule has 0 radical (unpaired) electrons. The first-order valence-electron chi connectivity index (χ1n) is 7.09. The summed E-state index contributed by atoms with van der Waals surface area (Å²) in [4.78, 5) is 4.26. The van der Waals surface area contributed by atoms with Crippen molar-refractivity contribution in [2.45, 2.75) is 13.3 Å². The summed E-state index contributed by atoms with van der Waals surface area (Å²) in [5.41, 5.74) is 5.02. The molecule has 108 valence electrons. The maximum atomic E-state index is 5.31. The minimum absolute atomic E-state index is 0.443. The van der Waals surface area contributed by atoms with Crippen LogP contribution in [0.4, 0.5) is 0 Å². The average Bonchev–Trinajstić information content (AvgIpc) is 2.53. The van der Waals surface area contributed by atoms with Gasteiger partial charge in [0.15, 0.2) is 0 Å². The number of benzene rings is 1. The van der Waals surface area contributed by atoms with E-state index in [1.54, 1.807) is 20.4 Å². The van der Waals surface area contributed by atoms with E-state index >= 15 is 0 Å². The highest BCUT2D eigenvalue weighted by Crippen LogP contribution is 2.36. The van der Waals surface area contributed by atoms with Gasteiger partial charge in [0.1, 0.15) is 11.5 Å². The summed E-state index contributed by atoms with van der Waals surface area (Å²) in [6.07, 6.45) is 6.89. The Morgan fingerprint density at radius 2 is 1.86 bits per heavy atom. The molecule has 0 saturated heterocycles. The van der Waals surface area contributed by atoms with Gasteiger partial charge in [-0.1, -0.05) is 19.1 Å².